The number of rotatable bonds is 4. The van der Waals surface area contributed by atoms with Crippen LogP contribution < -0.4 is 5.32 Å². The lowest BCUT2D eigenvalue weighted by atomic mass is 9.96. The molecule has 2 rings (SSSR count). The molecular formula is C15H16N2O3. The van der Waals surface area contributed by atoms with Gasteiger partial charge in [-0.3, -0.25) is 9.59 Å². The molecule has 0 aromatic heterocycles. The number of carbonyl (C=O) groups excluding carboxylic acids is 2. The van der Waals surface area contributed by atoms with Crippen molar-refractivity contribution in [2.45, 2.75) is 25.7 Å². The number of esters is 1. The van der Waals surface area contributed by atoms with E-state index in [9.17, 15) is 9.59 Å². The van der Waals surface area contributed by atoms with Gasteiger partial charge in [0.05, 0.1) is 24.2 Å². The number of nitriles is 1. The maximum absolute atomic E-state index is 11.8. The number of nitrogens with one attached hydrogen (secondary N) is 1. The smallest absolute Gasteiger partial charge is 0.308 e. The number of amides is 1. The van der Waals surface area contributed by atoms with Crippen molar-refractivity contribution in [2.75, 3.05) is 11.9 Å². The lowest BCUT2D eigenvalue weighted by Crippen LogP contribution is -2.25. The van der Waals surface area contributed by atoms with Crippen LogP contribution >= 0.6 is 0 Å². The van der Waals surface area contributed by atoms with E-state index in [4.69, 9.17) is 10.00 Å². The first-order valence-corrected chi connectivity index (χ1v) is 6.65. The maximum Gasteiger partial charge on any atom is 0.308 e. The first-order chi connectivity index (χ1) is 9.69. The minimum atomic E-state index is -0.192. The number of carbonyl (C=O) groups is 2. The lowest BCUT2D eigenvalue weighted by Gasteiger charge is -2.20. The van der Waals surface area contributed by atoms with E-state index in [2.05, 4.69) is 5.32 Å². The molecule has 5 nitrogen and oxygen atoms in total. The van der Waals surface area contributed by atoms with Crippen LogP contribution in [0.5, 0.6) is 0 Å². The van der Waals surface area contributed by atoms with Gasteiger partial charge in [0.15, 0.2) is 0 Å². The Kier molecular flexibility index (Phi) is 4.72. The number of nitrogens with zero attached hydrogens (tertiary/aromatic N) is 1. The molecule has 1 aromatic carbocycles. The normalized spacial score (nSPS) is 17.9. The van der Waals surface area contributed by atoms with E-state index in [1.54, 1.807) is 24.3 Å². The molecule has 5 heteroatoms. The Morgan fingerprint density at radius 1 is 1.40 bits per heavy atom. The van der Waals surface area contributed by atoms with Crippen molar-refractivity contribution in [3.05, 3.63) is 29.8 Å². The molecule has 104 valence electrons. The van der Waals surface area contributed by atoms with Gasteiger partial charge in [-0.2, -0.15) is 5.26 Å². The van der Waals surface area contributed by atoms with Crippen LogP contribution in [-0.2, 0) is 14.3 Å². The number of cyclic esters (lactones) is 1. The van der Waals surface area contributed by atoms with Gasteiger partial charge in [-0.05, 0) is 43.5 Å². The third-order valence-electron chi connectivity index (χ3n) is 3.29. The third-order valence-corrected chi connectivity index (χ3v) is 3.29. The van der Waals surface area contributed by atoms with E-state index in [0.29, 0.717) is 30.7 Å². The highest BCUT2D eigenvalue weighted by Gasteiger charge is 2.24. The van der Waals surface area contributed by atoms with Crippen molar-refractivity contribution >= 4 is 17.6 Å². The summed E-state index contributed by atoms with van der Waals surface area (Å²) in [5.74, 6) is -0.481. The van der Waals surface area contributed by atoms with E-state index >= 15 is 0 Å². The van der Waals surface area contributed by atoms with Gasteiger partial charge in [0, 0.05) is 12.1 Å². The molecule has 1 fully saturated rings. The Morgan fingerprint density at radius 3 is 2.80 bits per heavy atom. The first kappa shape index (κ1) is 14.1. The Labute approximate surface area is 117 Å². The third kappa shape index (κ3) is 3.82. The van der Waals surface area contributed by atoms with Crippen LogP contribution in [0.2, 0.25) is 0 Å². The van der Waals surface area contributed by atoms with Crippen molar-refractivity contribution in [2.24, 2.45) is 5.92 Å². The van der Waals surface area contributed by atoms with Crippen LogP contribution in [0.4, 0.5) is 5.69 Å². The van der Waals surface area contributed by atoms with Gasteiger partial charge in [-0.15, -0.1) is 0 Å². The molecule has 1 atom stereocenters. The monoisotopic (exact) mass is 272 g/mol. The molecule has 0 saturated carbocycles. The molecule has 1 amide bonds. The molecule has 1 heterocycles. The highest BCUT2D eigenvalue weighted by atomic mass is 16.5. The Balaban J connectivity index is 1.80. The van der Waals surface area contributed by atoms with Crippen LogP contribution in [0.3, 0.4) is 0 Å². The van der Waals surface area contributed by atoms with E-state index in [1.807, 2.05) is 6.07 Å². The summed E-state index contributed by atoms with van der Waals surface area (Å²) >= 11 is 0. The predicted molar refractivity (Wildman–Crippen MR) is 72.7 cm³/mol. The summed E-state index contributed by atoms with van der Waals surface area (Å²) in [6, 6.07) is 8.68. The standard InChI is InChI=1S/C15H16N2O3/c16-10-11-3-6-13(7-4-11)17-14(18)8-5-12-2-1-9-20-15(12)19/h3-4,6-7,12H,1-2,5,8-9H2,(H,17,18). The lowest BCUT2D eigenvalue weighted by molar-refractivity contribution is -0.153. The van der Waals surface area contributed by atoms with Crippen molar-refractivity contribution in [3.63, 3.8) is 0 Å². The molecule has 20 heavy (non-hydrogen) atoms. The molecule has 1 aromatic rings. The number of benzene rings is 1. The van der Waals surface area contributed by atoms with E-state index in [-0.39, 0.29) is 17.8 Å². The highest BCUT2D eigenvalue weighted by Crippen LogP contribution is 2.20. The van der Waals surface area contributed by atoms with Crippen LogP contribution in [0, 0.1) is 17.2 Å². The zero-order valence-electron chi connectivity index (χ0n) is 11.1. The molecule has 0 aliphatic carbocycles. The quantitative estimate of drug-likeness (QED) is 0.852. The van der Waals surface area contributed by atoms with E-state index in [0.717, 1.165) is 12.8 Å². The Morgan fingerprint density at radius 2 is 2.15 bits per heavy atom. The predicted octanol–water partition coefficient (Wildman–Crippen LogP) is 2.23. The van der Waals surface area contributed by atoms with E-state index in [1.165, 1.54) is 0 Å². The summed E-state index contributed by atoms with van der Waals surface area (Å²) in [4.78, 5) is 23.2. The molecule has 0 spiro atoms. The largest absolute Gasteiger partial charge is 0.465 e. The van der Waals surface area contributed by atoms with Gasteiger partial charge in [0.2, 0.25) is 5.91 Å². The van der Waals surface area contributed by atoms with Gasteiger partial charge in [-0.25, -0.2) is 0 Å². The Bertz CT molecular complexity index is 531. The second-order valence-corrected chi connectivity index (χ2v) is 4.78. The summed E-state index contributed by atoms with van der Waals surface area (Å²) in [6.45, 7) is 0.493. The number of anilines is 1. The molecule has 0 bridgehead atoms. The van der Waals surface area contributed by atoms with Crippen molar-refractivity contribution < 1.29 is 14.3 Å². The molecular weight excluding hydrogens is 256 g/mol. The van der Waals surface area contributed by atoms with Gasteiger partial charge in [-0.1, -0.05) is 0 Å². The first-order valence-electron chi connectivity index (χ1n) is 6.65. The summed E-state index contributed by atoms with van der Waals surface area (Å²) < 4.78 is 4.97. The minimum absolute atomic E-state index is 0.131. The van der Waals surface area contributed by atoms with Crippen LogP contribution in [-0.4, -0.2) is 18.5 Å². The van der Waals surface area contributed by atoms with Gasteiger partial charge in [0.1, 0.15) is 0 Å². The van der Waals surface area contributed by atoms with Gasteiger partial charge < -0.3 is 10.1 Å². The number of ether oxygens (including phenoxy) is 1. The number of hydrogen-bond acceptors (Lipinski definition) is 4. The van der Waals surface area contributed by atoms with Crippen molar-refractivity contribution in [1.82, 2.24) is 0 Å². The maximum atomic E-state index is 11.8. The van der Waals surface area contributed by atoms with Gasteiger partial charge in [0.25, 0.3) is 0 Å². The topological polar surface area (TPSA) is 79.2 Å². The SMILES string of the molecule is N#Cc1ccc(NC(=O)CCC2CCCOC2=O)cc1. The zero-order valence-corrected chi connectivity index (χ0v) is 11.1. The fourth-order valence-electron chi connectivity index (χ4n) is 2.16. The summed E-state index contributed by atoms with van der Waals surface area (Å²) in [5, 5.41) is 11.4. The second kappa shape index (κ2) is 6.71. The molecule has 1 unspecified atom stereocenters. The summed E-state index contributed by atoms with van der Waals surface area (Å²) in [6.07, 6.45) is 2.47. The second-order valence-electron chi connectivity index (χ2n) is 4.78. The zero-order chi connectivity index (χ0) is 14.4. The average Bonchev–Trinajstić information content (AvgIpc) is 2.47. The molecule has 1 aliphatic rings. The van der Waals surface area contributed by atoms with E-state index < -0.39 is 0 Å². The molecule has 0 radical (unpaired) electrons. The fourth-order valence-corrected chi connectivity index (χ4v) is 2.16. The molecule has 1 saturated heterocycles. The average molecular weight is 272 g/mol. The molecule has 1 N–H and O–H groups in total. The van der Waals surface area contributed by atoms with Crippen molar-refractivity contribution in [3.8, 4) is 6.07 Å². The number of hydrogen-bond donors (Lipinski definition) is 1. The summed E-state index contributed by atoms with van der Waals surface area (Å²) in [5.41, 5.74) is 1.20. The van der Waals surface area contributed by atoms with Crippen LogP contribution in [0.25, 0.3) is 0 Å². The highest BCUT2D eigenvalue weighted by molar-refractivity contribution is 5.91. The fraction of sp³-hybridized carbons (Fsp3) is 0.400. The minimum Gasteiger partial charge on any atom is -0.465 e. The van der Waals surface area contributed by atoms with Gasteiger partial charge >= 0.3 is 5.97 Å². The van der Waals surface area contributed by atoms with Crippen LogP contribution in [0.1, 0.15) is 31.2 Å². The van der Waals surface area contributed by atoms with Crippen molar-refractivity contribution in [1.29, 1.82) is 5.26 Å². The summed E-state index contributed by atoms with van der Waals surface area (Å²) in [7, 11) is 0. The van der Waals surface area contributed by atoms with Crippen LogP contribution in [0.15, 0.2) is 24.3 Å². The molecule has 1 aliphatic heterocycles. The Hall–Kier alpha value is -2.35.